The van der Waals surface area contributed by atoms with Crippen LogP contribution in [0.1, 0.15) is 5.56 Å². The number of benzene rings is 1. The van der Waals surface area contributed by atoms with Crippen molar-refractivity contribution < 1.29 is 0 Å². The van der Waals surface area contributed by atoms with E-state index in [0.717, 1.165) is 0 Å². The van der Waals surface area contributed by atoms with Gasteiger partial charge in [-0.2, -0.15) is 10.5 Å². The summed E-state index contributed by atoms with van der Waals surface area (Å²) in [5.41, 5.74) is 0.876. The van der Waals surface area contributed by atoms with E-state index in [1.54, 1.807) is 30.3 Å². The van der Waals surface area contributed by atoms with Crippen molar-refractivity contribution in [1.29, 1.82) is 10.5 Å². The zero-order valence-electron chi connectivity index (χ0n) is 6.66. The molecule has 0 atom stereocenters. The highest BCUT2D eigenvalue weighted by Crippen LogP contribution is 2.22. The molecule has 0 aromatic heterocycles. The first-order valence-electron chi connectivity index (χ1n) is 3.54. The molecule has 62 valence electrons. The molecule has 0 heterocycles. The van der Waals surface area contributed by atoms with E-state index in [9.17, 15) is 0 Å². The summed E-state index contributed by atoms with van der Waals surface area (Å²) in [6.45, 7) is 0. The summed E-state index contributed by atoms with van der Waals surface area (Å²) in [7, 11) is 0. The largest absolute Gasteiger partial charge is 0.193 e. The Hall–Kier alpha value is -1.77. The predicted octanol–water partition coefficient (Wildman–Crippen LogP) is 2.77. The summed E-state index contributed by atoms with van der Waals surface area (Å²) in [4.78, 5) is 0. The van der Waals surface area contributed by atoms with Gasteiger partial charge in [-0.3, -0.25) is 0 Å². The Bertz CT molecular complexity index is 421. The Balaban J connectivity index is 3.24. The van der Waals surface area contributed by atoms with Crippen LogP contribution in [-0.2, 0) is 0 Å². The summed E-state index contributed by atoms with van der Waals surface area (Å²) in [6.07, 6.45) is 1.18. The molecule has 13 heavy (non-hydrogen) atoms. The summed E-state index contributed by atoms with van der Waals surface area (Å²) in [6, 6.07) is 10.6. The lowest BCUT2D eigenvalue weighted by molar-refractivity contribution is 1.50. The van der Waals surface area contributed by atoms with Crippen molar-refractivity contribution in [1.82, 2.24) is 0 Å². The molecular formula is C10H5ClN2. The average molecular weight is 189 g/mol. The number of halogens is 1. The minimum atomic E-state index is 0.285. The lowest BCUT2D eigenvalue weighted by Gasteiger charge is -1.98. The second kappa shape index (κ2) is 4.30. The zero-order valence-corrected chi connectivity index (χ0v) is 7.42. The second-order valence-electron chi connectivity index (χ2n) is 2.28. The van der Waals surface area contributed by atoms with E-state index in [0.29, 0.717) is 10.6 Å². The van der Waals surface area contributed by atoms with E-state index < -0.39 is 0 Å². The number of allylic oxidation sites excluding steroid dienone is 2. The van der Waals surface area contributed by atoms with Crippen LogP contribution in [0.15, 0.2) is 30.3 Å². The quantitative estimate of drug-likeness (QED) is 0.637. The van der Waals surface area contributed by atoms with Gasteiger partial charge in [-0.1, -0.05) is 29.8 Å². The Morgan fingerprint density at radius 2 is 2.00 bits per heavy atom. The van der Waals surface area contributed by atoms with Gasteiger partial charge in [-0.25, -0.2) is 0 Å². The van der Waals surface area contributed by atoms with Crippen molar-refractivity contribution in [2.75, 3.05) is 0 Å². The van der Waals surface area contributed by atoms with E-state index in [4.69, 9.17) is 22.1 Å². The normalized spacial score (nSPS) is 10.2. The standard InChI is InChI=1S/C10H5ClN2/c11-10-4-2-1-3-9(10)8(7-13)5-6-12/h1-5H/b8-5+. The summed E-state index contributed by atoms with van der Waals surface area (Å²) >= 11 is 5.83. The molecule has 0 saturated heterocycles. The molecule has 0 aliphatic heterocycles. The third-order valence-corrected chi connectivity index (χ3v) is 1.82. The van der Waals surface area contributed by atoms with Gasteiger partial charge in [-0.15, -0.1) is 0 Å². The average Bonchev–Trinajstić information content (AvgIpc) is 2.16. The molecule has 0 spiro atoms. The Morgan fingerprint density at radius 3 is 2.54 bits per heavy atom. The maximum Gasteiger partial charge on any atom is 0.101 e. The number of rotatable bonds is 1. The van der Waals surface area contributed by atoms with Crippen LogP contribution in [0, 0.1) is 22.7 Å². The molecule has 0 amide bonds. The number of nitriles is 2. The Labute approximate surface area is 81.3 Å². The first-order chi connectivity index (χ1) is 6.29. The molecule has 0 radical (unpaired) electrons. The van der Waals surface area contributed by atoms with Gasteiger partial charge in [0.1, 0.15) is 6.07 Å². The first kappa shape index (κ1) is 9.32. The Morgan fingerprint density at radius 1 is 1.31 bits per heavy atom. The van der Waals surface area contributed by atoms with E-state index in [2.05, 4.69) is 0 Å². The molecule has 1 aromatic carbocycles. The van der Waals surface area contributed by atoms with Gasteiger partial charge < -0.3 is 0 Å². The van der Waals surface area contributed by atoms with Crippen LogP contribution in [0.25, 0.3) is 5.57 Å². The van der Waals surface area contributed by atoms with Gasteiger partial charge in [0.05, 0.1) is 11.6 Å². The molecule has 0 unspecified atom stereocenters. The zero-order chi connectivity index (χ0) is 9.68. The molecule has 1 aromatic rings. The molecule has 0 bridgehead atoms. The minimum Gasteiger partial charge on any atom is -0.193 e. The summed E-state index contributed by atoms with van der Waals surface area (Å²) in [5.74, 6) is 0. The molecule has 2 nitrogen and oxygen atoms in total. The second-order valence-corrected chi connectivity index (χ2v) is 2.69. The third kappa shape index (κ3) is 2.08. The molecule has 0 fully saturated rings. The van der Waals surface area contributed by atoms with Gasteiger partial charge in [-0.05, 0) is 6.07 Å². The number of hydrogen-bond acceptors (Lipinski definition) is 2. The summed E-state index contributed by atoms with van der Waals surface area (Å²) in [5, 5.41) is 17.6. The number of hydrogen-bond donors (Lipinski definition) is 0. The van der Waals surface area contributed by atoms with E-state index >= 15 is 0 Å². The topological polar surface area (TPSA) is 47.6 Å². The van der Waals surface area contributed by atoms with E-state index in [-0.39, 0.29) is 5.57 Å². The van der Waals surface area contributed by atoms with Gasteiger partial charge in [0.2, 0.25) is 0 Å². The van der Waals surface area contributed by atoms with Crippen molar-refractivity contribution in [3.05, 3.63) is 40.9 Å². The van der Waals surface area contributed by atoms with Crippen LogP contribution >= 0.6 is 11.6 Å². The minimum absolute atomic E-state index is 0.285. The first-order valence-corrected chi connectivity index (χ1v) is 3.92. The highest BCUT2D eigenvalue weighted by Gasteiger charge is 2.03. The molecule has 1 rings (SSSR count). The van der Waals surface area contributed by atoms with E-state index in [1.165, 1.54) is 6.08 Å². The van der Waals surface area contributed by atoms with Crippen molar-refractivity contribution >= 4 is 17.2 Å². The molecule has 0 N–H and O–H groups in total. The third-order valence-electron chi connectivity index (χ3n) is 1.49. The van der Waals surface area contributed by atoms with Crippen LogP contribution in [0.3, 0.4) is 0 Å². The maximum absolute atomic E-state index is 8.71. The Kier molecular flexibility index (Phi) is 3.09. The lowest BCUT2D eigenvalue weighted by Crippen LogP contribution is -1.81. The fourth-order valence-electron chi connectivity index (χ4n) is 0.914. The van der Waals surface area contributed by atoms with Gasteiger partial charge in [0, 0.05) is 16.7 Å². The lowest BCUT2D eigenvalue weighted by atomic mass is 10.1. The summed E-state index contributed by atoms with van der Waals surface area (Å²) < 4.78 is 0. The van der Waals surface area contributed by atoms with E-state index in [1.807, 2.05) is 6.07 Å². The fraction of sp³-hybridized carbons (Fsp3) is 0. The molecule has 0 aliphatic carbocycles. The van der Waals surface area contributed by atoms with Crippen LogP contribution in [0.2, 0.25) is 5.02 Å². The van der Waals surface area contributed by atoms with Crippen LogP contribution in [0.5, 0.6) is 0 Å². The number of nitrogens with zero attached hydrogens (tertiary/aromatic N) is 2. The highest BCUT2D eigenvalue weighted by atomic mass is 35.5. The fourth-order valence-corrected chi connectivity index (χ4v) is 1.15. The monoisotopic (exact) mass is 188 g/mol. The van der Waals surface area contributed by atoms with Gasteiger partial charge in [0.25, 0.3) is 0 Å². The molecule has 0 aliphatic rings. The van der Waals surface area contributed by atoms with Crippen LogP contribution in [0.4, 0.5) is 0 Å². The maximum atomic E-state index is 8.71. The van der Waals surface area contributed by atoms with Crippen molar-refractivity contribution in [2.45, 2.75) is 0 Å². The predicted molar refractivity (Wildman–Crippen MR) is 50.7 cm³/mol. The van der Waals surface area contributed by atoms with Gasteiger partial charge in [0.15, 0.2) is 0 Å². The van der Waals surface area contributed by atoms with Crippen LogP contribution < -0.4 is 0 Å². The van der Waals surface area contributed by atoms with Crippen molar-refractivity contribution in [3.63, 3.8) is 0 Å². The van der Waals surface area contributed by atoms with Crippen LogP contribution in [-0.4, -0.2) is 0 Å². The molecule has 3 heteroatoms. The molecular weight excluding hydrogens is 184 g/mol. The SMILES string of the molecule is N#C/C=C(\C#N)c1ccccc1Cl. The smallest absolute Gasteiger partial charge is 0.101 e. The van der Waals surface area contributed by atoms with Crippen molar-refractivity contribution in [2.24, 2.45) is 0 Å². The van der Waals surface area contributed by atoms with Gasteiger partial charge >= 0.3 is 0 Å². The highest BCUT2D eigenvalue weighted by molar-refractivity contribution is 6.32. The molecule has 0 saturated carbocycles. The van der Waals surface area contributed by atoms with Crippen molar-refractivity contribution in [3.8, 4) is 12.1 Å².